The number of amides is 1. The Hall–Kier alpha value is -4.11. The van der Waals surface area contributed by atoms with Gasteiger partial charge in [0.1, 0.15) is 23.1 Å². The van der Waals surface area contributed by atoms with Gasteiger partial charge in [-0.15, -0.1) is 0 Å². The molecule has 0 saturated carbocycles. The van der Waals surface area contributed by atoms with Gasteiger partial charge >= 0.3 is 5.91 Å². The second kappa shape index (κ2) is 9.50. The number of aliphatic hydroxyl groups is 1. The number of ketones is 1. The summed E-state index contributed by atoms with van der Waals surface area (Å²) in [6.45, 7) is 2.52. The standard InChI is InChI=1S/C27H20F2N2O4S/c1-2-13-35-19-10-5-16(6-11-19)24(32)22-23(15-3-7-17(28)8-4-15)31(26(34)25(22)33)27-30-20-12-9-18(29)14-21(20)36-27/h3-12,14,23,32H,2,13H2,1H3. The van der Waals surface area contributed by atoms with Crippen LogP contribution in [0.4, 0.5) is 13.9 Å². The first-order valence-electron chi connectivity index (χ1n) is 11.2. The number of nitrogens with zero attached hydrogens (tertiary/aromatic N) is 2. The van der Waals surface area contributed by atoms with Crippen molar-refractivity contribution in [3.8, 4) is 5.75 Å². The predicted molar refractivity (Wildman–Crippen MR) is 133 cm³/mol. The summed E-state index contributed by atoms with van der Waals surface area (Å²) in [5.41, 5.74) is 1.03. The zero-order valence-electron chi connectivity index (χ0n) is 19.1. The van der Waals surface area contributed by atoms with E-state index >= 15 is 0 Å². The van der Waals surface area contributed by atoms with Crippen molar-refractivity contribution < 1.29 is 28.2 Å². The van der Waals surface area contributed by atoms with Gasteiger partial charge in [0.2, 0.25) is 0 Å². The van der Waals surface area contributed by atoms with Crippen molar-refractivity contribution in [3.05, 3.63) is 95.1 Å². The maximum absolute atomic E-state index is 13.8. The summed E-state index contributed by atoms with van der Waals surface area (Å²) >= 11 is 1.04. The highest BCUT2D eigenvalue weighted by molar-refractivity contribution is 7.22. The molecule has 5 rings (SSSR count). The first kappa shape index (κ1) is 23.6. The molecule has 3 aromatic carbocycles. The van der Waals surface area contributed by atoms with Crippen LogP contribution < -0.4 is 9.64 Å². The van der Waals surface area contributed by atoms with Gasteiger partial charge in [-0.05, 0) is 66.6 Å². The molecule has 4 aromatic rings. The summed E-state index contributed by atoms with van der Waals surface area (Å²) < 4.78 is 33.5. The topological polar surface area (TPSA) is 79.7 Å². The molecule has 1 amide bonds. The Labute approximate surface area is 209 Å². The lowest BCUT2D eigenvalue weighted by molar-refractivity contribution is -0.132. The number of benzene rings is 3. The molecular formula is C27H20F2N2O4S. The van der Waals surface area contributed by atoms with Crippen LogP contribution in [0.25, 0.3) is 16.0 Å². The lowest BCUT2D eigenvalue weighted by Gasteiger charge is -2.23. The van der Waals surface area contributed by atoms with Crippen molar-refractivity contribution in [2.24, 2.45) is 0 Å². The van der Waals surface area contributed by atoms with Crippen molar-refractivity contribution in [2.75, 3.05) is 11.5 Å². The number of hydrogen-bond donors (Lipinski definition) is 1. The fraction of sp³-hybridized carbons (Fsp3) is 0.148. The number of thiazole rings is 1. The molecule has 1 N–H and O–H groups in total. The monoisotopic (exact) mass is 506 g/mol. The smallest absolute Gasteiger partial charge is 0.301 e. The van der Waals surface area contributed by atoms with E-state index in [9.17, 15) is 23.5 Å². The number of rotatable bonds is 6. The van der Waals surface area contributed by atoms with Crippen molar-refractivity contribution in [1.29, 1.82) is 0 Å². The minimum atomic E-state index is -1.06. The summed E-state index contributed by atoms with van der Waals surface area (Å²) in [5, 5.41) is 11.4. The lowest BCUT2D eigenvalue weighted by Crippen LogP contribution is -2.29. The van der Waals surface area contributed by atoms with Crippen LogP contribution in [0, 0.1) is 11.6 Å². The zero-order chi connectivity index (χ0) is 25.4. The molecule has 182 valence electrons. The lowest BCUT2D eigenvalue weighted by atomic mass is 9.95. The van der Waals surface area contributed by atoms with E-state index in [4.69, 9.17) is 4.74 Å². The minimum Gasteiger partial charge on any atom is -0.507 e. The normalized spacial score (nSPS) is 17.2. The van der Waals surface area contributed by atoms with E-state index in [0.29, 0.717) is 33.7 Å². The number of halogens is 2. The van der Waals surface area contributed by atoms with E-state index in [-0.39, 0.29) is 16.5 Å². The molecular weight excluding hydrogens is 486 g/mol. The molecule has 9 heteroatoms. The van der Waals surface area contributed by atoms with E-state index in [0.717, 1.165) is 17.8 Å². The third-order valence-electron chi connectivity index (χ3n) is 5.78. The SMILES string of the molecule is CCCOc1ccc(C(O)=C2C(=O)C(=O)N(c3nc4ccc(F)cc4s3)C2c2ccc(F)cc2)cc1. The van der Waals surface area contributed by atoms with Crippen molar-refractivity contribution in [2.45, 2.75) is 19.4 Å². The number of aliphatic hydroxyl groups excluding tert-OH is 1. The Balaban J connectivity index is 1.65. The third kappa shape index (κ3) is 4.22. The quantitative estimate of drug-likeness (QED) is 0.197. The molecule has 6 nitrogen and oxygen atoms in total. The number of hydrogen-bond acceptors (Lipinski definition) is 6. The molecule has 1 aromatic heterocycles. The molecule has 1 aliphatic heterocycles. The molecule has 0 radical (unpaired) electrons. The summed E-state index contributed by atoms with van der Waals surface area (Å²) in [5.74, 6) is -2.52. The van der Waals surface area contributed by atoms with Gasteiger partial charge in [0, 0.05) is 5.56 Å². The van der Waals surface area contributed by atoms with Gasteiger partial charge in [-0.25, -0.2) is 13.8 Å². The average molecular weight is 507 g/mol. The molecule has 36 heavy (non-hydrogen) atoms. The summed E-state index contributed by atoms with van der Waals surface area (Å²) in [7, 11) is 0. The van der Waals surface area contributed by atoms with Gasteiger partial charge in [0.05, 0.1) is 28.4 Å². The van der Waals surface area contributed by atoms with Gasteiger partial charge in [-0.1, -0.05) is 30.4 Å². The molecule has 1 saturated heterocycles. The molecule has 1 atom stereocenters. The average Bonchev–Trinajstić information content (AvgIpc) is 3.40. The third-order valence-corrected chi connectivity index (χ3v) is 6.79. The highest BCUT2D eigenvalue weighted by Gasteiger charge is 2.48. The Morgan fingerprint density at radius 3 is 2.42 bits per heavy atom. The molecule has 1 fully saturated rings. The maximum Gasteiger partial charge on any atom is 0.301 e. The van der Waals surface area contributed by atoms with Crippen molar-refractivity contribution in [3.63, 3.8) is 0 Å². The van der Waals surface area contributed by atoms with Gasteiger partial charge in [0.25, 0.3) is 5.78 Å². The summed E-state index contributed by atoms with van der Waals surface area (Å²) in [4.78, 5) is 32.1. The van der Waals surface area contributed by atoms with Gasteiger partial charge in [0.15, 0.2) is 5.13 Å². The first-order valence-corrected chi connectivity index (χ1v) is 12.0. The van der Waals surface area contributed by atoms with E-state index in [1.54, 1.807) is 24.3 Å². The number of carbonyl (C=O) groups is 2. The Kier molecular flexibility index (Phi) is 6.24. The van der Waals surface area contributed by atoms with Crippen molar-refractivity contribution in [1.82, 2.24) is 4.98 Å². The fourth-order valence-electron chi connectivity index (χ4n) is 4.06. The number of anilines is 1. The van der Waals surface area contributed by atoms with Crippen molar-refractivity contribution >= 4 is 44.1 Å². The summed E-state index contributed by atoms with van der Waals surface area (Å²) in [6, 6.07) is 14.8. The second-order valence-corrected chi connectivity index (χ2v) is 9.21. The van der Waals surface area contributed by atoms with Crippen LogP contribution in [-0.4, -0.2) is 28.4 Å². The minimum absolute atomic E-state index is 0.153. The Morgan fingerprint density at radius 2 is 1.72 bits per heavy atom. The fourth-order valence-corrected chi connectivity index (χ4v) is 5.08. The van der Waals surface area contributed by atoms with Gasteiger partial charge in [-0.2, -0.15) is 0 Å². The summed E-state index contributed by atoms with van der Waals surface area (Å²) in [6.07, 6.45) is 0.835. The van der Waals surface area contributed by atoms with Crippen LogP contribution in [0.3, 0.4) is 0 Å². The molecule has 2 heterocycles. The van der Waals surface area contributed by atoms with Crippen LogP contribution in [0.1, 0.15) is 30.5 Å². The van der Waals surface area contributed by atoms with Crippen LogP contribution in [0.2, 0.25) is 0 Å². The number of Topliss-reactive ketones (excluding diaryl/α,β-unsaturated/α-hetero) is 1. The Morgan fingerprint density at radius 1 is 1.03 bits per heavy atom. The number of ether oxygens (including phenoxy) is 1. The second-order valence-electron chi connectivity index (χ2n) is 8.20. The van der Waals surface area contributed by atoms with Crippen LogP contribution >= 0.6 is 11.3 Å². The van der Waals surface area contributed by atoms with Gasteiger partial charge < -0.3 is 9.84 Å². The molecule has 1 aliphatic rings. The van der Waals surface area contributed by atoms with E-state index in [1.807, 2.05) is 6.92 Å². The molecule has 1 unspecified atom stereocenters. The van der Waals surface area contributed by atoms with E-state index in [2.05, 4.69) is 4.98 Å². The molecule has 0 spiro atoms. The number of fused-ring (bicyclic) bond motifs is 1. The zero-order valence-corrected chi connectivity index (χ0v) is 19.9. The van der Waals surface area contributed by atoms with Crippen LogP contribution in [-0.2, 0) is 9.59 Å². The largest absolute Gasteiger partial charge is 0.507 e. The maximum atomic E-state index is 13.8. The molecule has 0 aliphatic carbocycles. The highest BCUT2D eigenvalue weighted by atomic mass is 32.1. The highest BCUT2D eigenvalue weighted by Crippen LogP contribution is 2.44. The predicted octanol–water partition coefficient (Wildman–Crippen LogP) is 5.99. The van der Waals surface area contributed by atoms with E-state index in [1.165, 1.54) is 47.4 Å². The molecule has 0 bridgehead atoms. The Bertz CT molecular complexity index is 1500. The van der Waals surface area contributed by atoms with Gasteiger partial charge in [-0.3, -0.25) is 14.5 Å². The van der Waals surface area contributed by atoms with Crippen LogP contribution in [0.15, 0.2) is 72.3 Å². The van der Waals surface area contributed by atoms with Crippen LogP contribution in [0.5, 0.6) is 5.75 Å². The first-order chi connectivity index (χ1) is 17.4. The number of carbonyl (C=O) groups excluding carboxylic acids is 2. The number of aromatic nitrogens is 1. The van der Waals surface area contributed by atoms with E-state index < -0.39 is 29.4 Å².